The predicted molar refractivity (Wildman–Crippen MR) is 115 cm³/mol. The van der Waals surface area contributed by atoms with Gasteiger partial charge in [-0.15, -0.1) is 0 Å². The highest BCUT2D eigenvalue weighted by Crippen LogP contribution is 2.41. The third kappa shape index (κ3) is 1.46. The van der Waals surface area contributed by atoms with Gasteiger partial charge in [0.25, 0.3) is 0 Å². The predicted octanol–water partition coefficient (Wildman–Crippen LogP) is 6.48. The summed E-state index contributed by atoms with van der Waals surface area (Å²) in [4.78, 5) is 0. The van der Waals surface area contributed by atoms with Crippen LogP contribution in [0.2, 0.25) is 0 Å². The quantitative estimate of drug-likeness (QED) is 0.298. The Morgan fingerprint density at radius 1 is 0.481 bits per heavy atom. The fourth-order valence-electron chi connectivity index (χ4n) is 5.08. The molecule has 7 rings (SSSR count). The first kappa shape index (κ1) is 13.7. The van der Waals surface area contributed by atoms with Crippen LogP contribution < -0.4 is 0 Å². The Balaban J connectivity index is 1.85. The summed E-state index contributed by atoms with van der Waals surface area (Å²) in [6.45, 7) is 0. The molecule has 3 aromatic heterocycles. The van der Waals surface area contributed by atoms with Gasteiger partial charge in [0.1, 0.15) is 0 Å². The van der Waals surface area contributed by atoms with Crippen molar-refractivity contribution in [2.45, 2.75) is 0 Å². The van der Waals surface area contributed by atoms with Crippen LogP contribution in [0, 0.1) is 0 Å². The summed E-state index contributed by atoms with van der Waals surface area (Å²) in [5, 5.41) is 7.99. The molecular formula is C25H16N2. The maximum atomic E-state index is 2.45. The minimum absolute atomic E-state index is 1.28. The molecular weight excluding hydrogens is 328 g/mol. The van der Waals surface area contributed by atoms with E-state index in [1.165, 1.54) is 59.9 Å². The van der Waals surface area contributed by atoms with E-state index in [1.54, 1.807) is 0 Å². The molecule has 27 heavy (non-hydrogen) atoms. The molecule has 126 valence electrons. The van der Waals surface area contributed by atoms with Crippen LogP contribution in [0.1, 0.15) is 0 Å². The normalized spacial score (nSPS) is 12.6. The fourth-order valence-corrected chi connectivity index (χ4v) is 5.08. The van der Waals surface area contributed by atoms with Crippen molar-refractivity contribution in [3.63, 3.8) is 0 Å². The molecule has 4 aromatic carbocycles. The van der Waals surface area contributed by atoms with Crippen LogP contribution in [0.15, 0.2) is 78.9 Å². The lowest BCUT2D eigenvalue weighted by Crippen LogP contribution is -1.86. The molecule has 2 heteroatoms. The van der Waals surface area contributed by atoms with Crippen LogP contribution in [0.4, 0.5) is 0 Å². The lowest BCUT2D eigenvalue weighted by Gasteiger charge is -2.00. The van der Waals surface area contributed by atoms with Crippen molar-refractivity contribution < 1.29 is 0 Å². The number of nitrogens with zero attached hydrogens (tertiary/aromatic N) is 2. The van der Waals surface area contributed by atoms with Crippen molar-refractivity contribution in [1.29, 1.82) is 0 Å². The molecule has 0 radical (unpaired) electrons. The van der Waals surface area contributed by atoms with Gasteiger partial charge in [-0.1, -0.05) is 54.6 Å². The SMILES string of the molecule is Cn1c2ccccc2c2cc3c(cc21)c1cccc2c4ccccc4n3c21. The highest BCUT2D eigenvalue weighted by molar-refractivity contribution is 6.25. The molecule has 7 aromatic rings. The molecule has 2 nitrogen and oxygen atoms in total. The number of aromatic nitrogens is 2. The summed E-state index contributed by atoms with van der Waals surface area (Å²) in [7, 11) is 2.17. The molecule has 0 unspecified atom stereocenters. The molecule has 0 aliphatic rings. The lowest BCUT2D eigenvalue weighted by atomic mass is 10.1. The second-order valence-electron chi connectivity index (χ2n) is 7.52. The molecule has 0 aliphatic carbocycles. The number of aryl methyl sites for hydroxylation is 1. The third-order valence-corrected chi connectivity index (χ3v) is 6.26. The summed E-state index contributed by atoms with van der Waals surface area (Å²) in [5.74, 6) is 0. The van der Waals surface area contributed by atoms with Gasteiger partial charge in [-0.05, 0) is 24.3 Å². The van der Waals surface area contributed by atoms with Crippen molar-refractivity contribution in [3.8, 4) is 0 Å². The van der Waals surface area contributed by atoms with E-state index >= 15 is 0 Å². The van der Waals surface area contributed by atoms with E-state index in [0.717, 1.165) is 0 Å². The van der Waals surface area contributed by atoms with Gasteiger partial charge in [-0.25, -0.2) is 0 Å². The van der Waals surface area contributed by atoms with Crippen LogP contribution in [0.5, 0.6) is 0 Å². The van der Waals surface area contributed by atoms with E-state index in [-0.39, 0.29) is 0 Å². The second-order valence-corrected chi connectivity index (χ2v) is 7.52. The van der Waals surface area contributed by atoms with Crippen molar-refractivity contribution in [1.82, 2.24) is 8.97 Å². The van der Waals surface area contributed by atoms with E-state index in [0.29, 0.717) is 0 Å². The van der Waals surface area contributed by atoms with E-state index in [1.807, 2.05) is 0 Å². The summed E-state index contributed by atoms with van der Waals surface area (Å²) in [6.07, 6.45) is 0. The van der Waals surface area contributed by atoms with Crippen LogP contribution in [-0.4, -0.2) is 8.97 Å². The molecule has 0 bridgehead atoms. The number of hydrogen-bond acceptors (Lipinski definition) is 0. The highest BCUT2D eigenvalue weighted by Gasteiger charge is 2.18. The van der Waals surface area contributed by atoms with Crippen molar-refractivity contribution >= 4 is 59.9 Å². The largest absolute Gasteiger partial charge is 0.344 e. The number of rotatable bonds is 0. The van der Waals surface area contributed by atoms with Crippen LogP contribution in [0.25, 0.3) is 59.9 Å². The fraction of sp³-hybridized carbons (Fsp3) is 0.0400. The Labute approximate surface area is 155 Å². The average molecular weight is 344 g/mol. The maximum Gasteiger partial charge on any atom is 0.0620 e. The number of hydrogen-bond donors (Lipinski definition) is 0. The molecule has 0 atom stereocenters. The van der Waals surface area contributed by atoms with Gasteiger partial charge >= 0.3 is 0 Å². The van der Waals surface area contributed by atoms with Gasteiger partial charge in [0.05, 0.1) is 16.6 Å². The Bertz CT molecular complexity index is 1680. The third-order valence-electron chi connectivity index (χ3n) is 6.26. The summed E-state index contributed by atoms with van der Waals surface area (Å²) in [5.41, 5.74) is 6.51. The van der Waals surface area contributed by atoms with Crippen molar-refractivity contribution in [2.24, 2.45) is 7.05 Å². The smallest absolute Gasteiger partial charge is 0.0620 e. The first-order chi connectivity index (χ1) is 13.3. The van der Waals surface area contributed by atoms with Crippen molar-refractivity contribution in [3.05, 3.63) is 78.9 Å². The number of para-hydroxylation sites is 3. The number of fused-ring (bicyclic) bond motifs is 9. The minimum atomic E-state index is 1.28. The van der Waals surface area contributed by atoms with Gasteiger partial charge in [0.2, 0.25) is 0 Å². The lowest BCUT2D eigenvalue weighted by molar-refractivity contribution is 1.02. The van der Waals surface area contributed by atoms with E-state index < -0.39 is 0 Å². The van der Waals surface area contributed by atoms with Gasteiger partial charge < -0.3 is 8.97 Å². The Hall–Kier alpha value is -3.52. The first-order valence-corrected chi connectivity index (χ1v) is 9.37. The zero-order valence-electron chi connectivity index (χ0n) is 14.9. The summed E-state index contributed by atoms with van der Waals surface area (Å²) < 4.78 is 4.77. The van der Waals surface area contributed by atoms with Gasteiger partial charge in [-0.2, -0.15) is 0 Å². The Morgan fingerprint density at radius 3 is 1.85 bits per heavy atom. The van der Waals surface area contributed by atoms with Gasteiger partial charge in [-0.3, -0.25) is 0 Å². The van der Waals surface area contributed by atoms with Crippen LogP contribution in [0.3, 0.4) is 0 Å². The Kier molecular flexibility index (Phi) is 2.23. The molecule has 0 saturated carbocycles. The number of benzene rings is 4. The van der Waals surface area contributed by atoms with Gasteiger partial charge in [0.15, 0.2) is 0 Å². The average Bonchev–Trinajstić information content (AvgIpc) is 3.33. The van der Waals surface area contributed by atoms with Gasteiger partial charge in [0, 0.05) is 50.4 Å². The molecule has 0 fully saturated rings. The standard InChI is InChI=1S/C25H16N2/c1-26-21-11-4-2-8-16(21)19-14-24-20(13-23(19)26)18-10-6-9-17-15-7-3-5-12-22(15)27(24)25(17)18/h2-14H,1H3. The highest BCUT2D eigenvalue weighted by atomic mass is 14.9. The molecule has 0 saturated heterocycles. The molecule has 0 spiro atoms. The second kappa shape index (κ2) is 4.41. The van der Waals surface area contributed by atoms with Crippen LogP contribution in [-0.2, 0) is 7.05 Å². The minimum Gasteiger partial charge on any atom is -0.344 e. The zero-order chi connectivity index (χ0) is 17.7. The Morgan fingerprint density at radius 2 is 1.04 bits per heavy atom. The van der Waals surface area contributed by atoms with E-state index in [9.17, 15) is 0 Å². The topological polar surface area (TPSA) is 9.34 Å². The molecule has 0 aliphatic heterocycles. The molecule has 0 amide bonds. The summed E-state index contributed by atoms with van der Waals surface area (Å²) in [6, 6.07) is 28.9. The zero-order valence-corrected chi connectivity index (χ0v) is 14.9. The van der Waals surface area contributed by atoms with Crippen LogP contribution >= 0.6 is 0 Å². The maximum absolute atomic E-state index is 2.45. The monoisotopic (exact) mass is 344 g/mol. The van der Waals surface area contributed by atoms with Crippen molar-refractivity contribution in [2.75, 3.05) is 0 Å². The van der Waals surface area contributed by atoms with E-state index in [2.05, 4.69) is 94.9 Å². The molecule has 0 N–H and O–H groups in total. The first-order valence-electron chi connectivity index (χ1n) is 9.37. The van der Waals surface area contributed by atoms with E-state index in [4.69, 9.17) is 0 Å². The molecule has 3 heterocycles. The summed E-state index contributed by atoms with van der Waals surface area (Å²) >= 11 is 0.